The summed E-state index contributed by atoms with van der Waals surface area (Å²) in [6.45, 7) is 2.77. The van der Waals surface area contributed by atoms with E-state index in [-0.39, 0.29) is 9.92 Å². The summed E-state index contributed by atoms with van der Waals surface area (Å²) < 4.78 is 45.2. The number of hydrogen-bond donors (Lipinski definition) is 0. The Kier molecular flexibility index (Phi) is 5.82. The highest BCUT2D eigenvalue weighted by Gasteiger charge is 2.29. The Labute approximate surface area is 158 Å². The molecule has 1 aliphatic rings. The zero-order chi connectivity index (χ0) is 18.7. The largest absolute Gasteiger partial charge is 0.497 e. The van der Waals surface area contributed by atoms with Crippen molar-refractivity contribution in [3.63, 3.8) is 0 Å². The second-order valence-electron chi connectivity index (χ2n) is 6.10. The molecule has 26 heavy (non-hydrogen) atoms. The van der Waals surface area contributed by atoms with Crippen molar-refractivity contribution in [1.82, 2.24) is 9.21 Å². The lowest BCUT2D eigenvalue weighted by atomic mass is 10.2. The standard InChI is InChI=1S/C18H20ClFN2O3S/c1-25-15-4-2-14(3-5-15)13-21-8-10-22(11-9-21)26(23,24)16-6-7-18(20)17(19)12-16/h2-7,12H,8-11,13H2,1H3. The lowest BCUT2D eigenvalue weighted by Crippen LogP contribution is -2.48. The molecule has 0 radical (unpaired) electrons. The van der Waals surface area contributed by atoms with Gasteiger partial charge < -0.3 is 4.74 Å². The third kappa shape index (κ3) is 4.17. The first-order chi connectivity index (χ1) is 12.4. The van der Waals surface area contributed by atoms with Crippen molar-refractivity contribution < 1.29 is 17.5 Å². The quantitative estimate of drug-likeness (QED) is 0.777. The van der Waals surface area contributed by atoms with E-state index < -0.39 is 15.8 Å². The zero-order valence-electron chi connectivity index (χ0n) is 14.4. The Bertz CT molecular complexity index is 867. The molecule has 8 heteroatoms. The average Bonchev–Trinajstić information content (AvgIpc) is 2.65. The Balaban J connectivity index is 1.62. The Morgan fingerprint density at radius 2 is 1.73 bits per heavy atom. The summed E-state index contributed by atoms with van der Waals surface area (Å²) in [5.74, 6) is 0.178. The summed E-state index contributed by atoms with van der Waals surface area (Å²) in [4.78, 5) is 2.22. The number of halogens is 2. The van der Waals surface area contributed by atoms with Crippen LogP contribution < -0.4 is 4.74 Å². The average molecular weight is 399 g/mol. The van der Waals surface area contributed by atoms with Gasteiger partial charge in [-0.05, 0) is 35.9 Å². The minimum absolute atomic E-state index is 0.0208. The normalized spacial score (nSPS) is 16.6. The number of piperazine rings is 1. The van der Waals surface area contributed by atoms with E-state index in [4.69, 9.17) is 16.3 Å². The van der Waals surface area contributed by atoms with Gasteiger partial charge in [-0.3, -0.25) is 4.90 Å². The van der Waals surface area contributed by atoms with Crippen molar-refractivity contribution in [3.8, 4) is 5.75 Å². The van der Waals surface area contributed by atoms with Gasteiger partial charge in [-0.25, -0.2) is 12.8 Å². The van der Waals surface area contributed by atoms with Crippen molar-refractivity contribution in [2.24, 2.45) is 0 Å². The van der Waals surface area contributed by atoms with Crippen LogP contribution in [0.1, 0.15) is 5.56 Å². The SMILES string of the molecule is COc1ccc(CN2CCN(S(=O)(=O)c3ccc(F)c(Cl)c3)CC2)cc1. The lowest BCUT2D eigenvalue weighted by molar-refractivity contribution is 0.181. The monoisotopic (exact) mass is 398 g/mol. The number of methoxy groups -OCH3 is 1. The first-order valence-electron chi connectivity index (χ1n) is 8.20. The highest BCUT2D eigenvalue weighted by atomic mass is 35.5. The molecule has 0 aliphatic carbocycles. The maximum atomic E-state index is 13.3. The first kappa shape index (κ1) is 19.1. The molecule has 0 spiro atoms. The predicted octanol–water partition coefficient (Wildman–Crippen LogP) is 2.99. The van der Waals surface area contributed by atoms with Gasteiger partial charge in [0.25, 0.3) is 0 Å². The Morgan fingerprint density at radius 3 is 2.31 bits per heavy atom. The summed E-state index contributed by atoms with van der Waals surface area (Å²) in [6.07, 6.45) is 0. The van der Waals surface area contributed by atoms with Gasteiger partial charge in [0.1, 0.15) is 11.6 Å². The molecule has 1 saturated heterocycles. The van der Waals surface area contributed by atoms with E-state index >= 15 is 0 Å². The number of benzene rings is 2. The zero-order valence-corrected chi connectivity index (χ0v) is 15.9. The van der Waals surface area contributed by atoms with Crippen LogP contribution in [0.3, 0.4) is 0 Å². The van der Waals surface area contributed by atoms with E-state index in [0.29, 0.717) is 26.2 Å². The molecule has 3 rings (SSSR count). The molecule has 1 heterocycles. The van der Waals surface area contributed by atoms with Crippen LogP contribution in [-0.2, 0) is 16.6 Å². The van der Waals surface area contributed by atoms with Crippen LogP contribution in [0.25, 0.3) is 0 Å². The first-order valence-corrected chi connectivity index (χ1v) is 10.0. The summed E-state index contributed by atoms with van der Waals surface area (Å²) in [6, 6.07) is 11.3. The van der Waals surface area contributed by atoms with Gasteiger partial charge in [0.2, 0.25) is 10.0 Å². The van der Waals surface area contributed by atoms with Gasteiger partial charge in [0.05, 0.1) is 17.0 Å². The number of hydrogen-bond acceptors (Lipinski definition) is 4. The molecule has 1 fully saturated rings. The van der Waals surface area contributed by atoms with E-state index in [1.54, 1.807) is 7.11 Å². The number of ether oxygens (including phenoxy) is 1. The third-order valence-electron chi connectivity index (χ3n) is 4.43. The third-order valence-corrected chi connectivity index (χ3v) is 6.61. The van der Waals surface area contributed by atoms with Gasteiger partial charge in [-0.15, -0.1) is 0 Å². The van der Waals surface area contributed by atoms with E-state index in [9.17, 15) is 12.8 Å². The van der Waals surface area contributed by atoms with Crippen molar-refractivity contribution in [1.29, 1.82) is 0 Å². The fourth-order valence-corrected chi connectivity index (χ4v) is 4.60. The molecule has 5 nitrogen and oxygen atoms in total. The maximum Gasteiger partial charge on any atom is 0.243 e. The molecule has 0 saturated carbocycles. The second-order valence-corrected chi connectivity index (χ2v) is 8.45. The van der Waals surface area contributed by atoms with Crippen LogP contribution in [-0.4, -0.2) is 50.9 Å². The van der Waals surface area contributed by atoms with Crippen molar-refractivity contribution in [2.75, 3.05) is 33.3 Å². The summed E-state index contributed by atoms with van der Waals surface area (Å²) in [7, 11) is -2.04. The van der Waals surface area contributed by atoms with Crippen LogP contribution in [0.5, 0.6) is 5.75 Å². The van der Waals surface area contributed by atoms with E-state index in [1.807, 2.05) is 24.3 Å². The van der Waals surface area contributed by atoms with Gasteiger partial charge in [-0.2, -0.15) is 4.31 Å². The van der Waals surface area contributed by atoms with E-state index in [0.717, 1.165) is 30.0 Å². The molecular weight excluding hydrogens is 379 g/mol. The molecule has 140 valence electrons. The molecule has 1 aliphatic heterocycles. The molecule has 0 N–H and O–H groups in total. The number of nitrogens with zero attached hydrogens (tertiary/aromatic N) is 2. The van der Waals surface area contributed by atoms with Crippen LogP contribution in [0.2, 0.25) is 5.02 Å². The molecule has 2 aromatic rings. The van der Waals surface area contributed by atoms with Crippen molar-refractivity contribution >= 4 is 21.6 Å². The predicted molar refractivity (Wildman–Crippen MR) is 98.4 cm³/mol. The maximum absolute atomic E-state index is 13.3. The lowest BCUT2D eigenvalue weighted by Gasteiger charge is -2.34. The van der Waals surface area contributed by atoms with Crippen LogP contribution in [0.4, 0.5) is 4.39 Å². The number of sulfonamides is 1. The summed E-state index contributed by atoms with van der Waals surface area (Å²) >= 11 is 5.72. The van der Waals surface area contributed by atoms with Crippen molar-refractivity contribution in [3.05, 3.63) is 58.9 Å². The van der Waals surface area contributed by atoms with Gasteiger partial charge >= 0.3 is 0 Å². The molecule has 2 aromatic carbocycles. The highest BCUT2D eigenvalue weighted by Crippen LogP contribution is 2.23. The van der Waals surface area contributed by atoms with Crippen molar-refractivity contribution in [2.45, 2.75) is 11.4 Å². The Morgan fingerprint density at radius 1 is 1.08 bits per heavy atom. The topological polar surface area (TPSA) is 49.9 Å². The molecular formula is C18H20ClFN2O3S. The summed E-state index contributed by atoms with van der Waals surface area (Å²) in [5, 5.41) is -0.191. The fourth-order valence-electron chi connectivity index (χ4n) is 2.90. The fraction of sp³-hybridized carbons (Fsp3) is 0.333. The van der Waals surface area contributed by atoms with Gasteiger partial charge in [0, 0.05) is 32.7 Å². The van der Waals surface area contributed by atoms with E-state index in [2.05, 4.69) is 4.90 Å². The molecule has 0 aromatic heterocycles. The van der Waals surface area contributed by atoms with E-state index in [1.165, 1.54) is 10.4 Å². The minimum atomic E-state index is -3.67. The molecule has 0 bridgehead atoms. The highest BCUT2D eigenvalue weighted by molar-refractivity contribution is 7.89. The number of rotatable bonds is 5. The van der Waals surface area contributed by atoms with Gasteiger partial charge in [-0.1, -0.05) is 23.7 Å². The molecule has 0 atom stereocenters. The molecule has 0 unspecified atom stereocenters. The van der Waals surface area contributed by atoms with Crippen LogP contribution in [0, 0.1) is 5.82 Å². The summed E-state index contributed by atoms with van der Waals surface area (Å²) in [5.41, 5.74) is 1.15. The van der Waals surface area contributed by atoms with Crippen LogP contribution >= 0.6 is 11.6 Å². The Hall–Kier alpha value is -1.67. The van der Waals surface area contributed by atoms with Gasteiger partial charge in [0.15, 0.2) is 0 Å². The second kappa shape index (κ2) is 7.92. The van der Waals surface area contributed by atoms with Crippen LogP contribution in [0.15, 0.2) is 47.4 Å². The minimum Gasteiger partial charge on any atom is -0.497 e. The smallest absolute Gasteiger partial charge is 0.243 e. The molecule has 0 amide bonds.